The van der Waals surface area contributed by atoms with Crippen molar-refractivity contribution in [2.75, 3.05) is 5.73 Å². The Morgan fingerprint density at radius 2 is 1.81 bits per heavy atom. The zero-order valence-electron chi connectivity index (χ0n) is 15.0. The van der Waals surface area contributed by atoms with Crippen molar-refractivity contribution in [3.05, 3.63) is 89.7 Å². The van der Waals surface area contributed by atoms with Crippen molar-refractivity contribution in [2.45, 2.75) is 13.5 Å². The average molecular weight is 356 g/mol. The summed E-state index contributed by atoms with van der Waals surface area (Å²) in [5, 5.41) is 6.81. The fraction of sp³-hybridized carbons (Fsp3) is 0.0909. The third kappa shape index (κ3) is 3.82. The maximum atomic E-state index is 6.05. The Morgan fingerprint density at radius 3 is 2.63 bits per heavy atom. The minimum Gasteiger partial charge on any atom is -0.488 e. The number of fused-ring (bicyclic) bond motifs is 1. The number of nitrogens with two attached hydrogens (primary N) is 1. The first-order valence-corrected chi connectivity index (χ1v) is 8.74. The molecule has 1 aromatic heterocycles. The fourth-order valence-electron chi connectivity index (χ4n) is 2.93. The van der Waals surface area contributed by atoms with E-state index in [4.69, 9.17) is 10.5 Å². The molecule has 2 N–H and O–H groups in total. The molecule has 0 bridgehead atoms. The van der Waals surface area contributed by atoms with Crippen molar-refractivity contribution in [3.8, 4) is 5.75 Å². The lowest BCUT2D eigenvalue weighted by Crippen LogP contribution is -2.00. The van der Waals surface area contributed by atoms with E-state index in [-0.39, 0.29) is 0 Å². The molecular formula is C22H20N4O. The summed E-state index contributed by atoms with van der Waals surface area (Å²) in [6, 6.07) is 22.5. The van der Waals surface area contributed by atoms with E-state index in [1.54, 1.807) is 17.1 Å². The van der Waals surface area contributed by atoms with E-state index in [2.05, 4.69) is 40.4 Å². The lowest BCUT2D eigenvalue weighted by molar-refractivity contribution is 0.306. The second-order valence-electron chi connectivity index (χ2n) is 6.34. The van der Waals surface area contributed by atoms with Crippen LogP contribution in [-0.4, -0.2) is 15.9 Å². The summed E-state index contributed by atoms with van der Waals surface area (Å²) in [6.07, 6.45) is 3.51. The Labute approximate surface area is 157 Å². The molecule has 0 radical (unpaired) electrons. The summed E-state index contributed by atoms with van der Waals surface area (Å²) in [7, 11) is 0. The highest BCUT2D eigenvalue weighted by Crippen LogP contribution is 2.20. The SMILES string of the molecule is Cc1cn(N=Cc2ccccc2OCc2ccc3ccccc3c2)c(N)n1. The third-order valence-corrected chi connectivity index (χ3v) is 4.28. The Hall–Kier alpha value is -3.60. The van der Waals surface area contributed by atoms with Gasteiger partial charge in [0.25, 0.3) is 0 Å². The Balaban J connectivity index is 1.53. The van der Waals surface area contributed by atoms with Crippen LogP contribution in [0.1, 0.15) is 16.8 Å². The van der Waals surface area contributed by atoms with Crippen LogP contribution in [0.25, 0.3) is 10.8 Å². The Kier molecular flexibility index (Phi) is 4.58. The summed E-state index contributed by atoms with van der Waals surface area (Å²) >= 11 is 0. The number of rotatable bonds is 5. The summed E-state index contributed by atoms with van der Waals surface area (Å²) in [6.45, 7) is 2.37. The molecule has 27 heavy (non-hydrogen) atoms. The van der Waals surface area contributed by atoms with Gasteiger partial charge >= 0.3 is 0 Å². The van der Waals surface area contributed by atoms with Gasteiger partial charge in [-0.15, -0.1) is 0 Å². The van der Waals surface area contributed by atoms with Gasteiger partial charge in [0.2, 0.25) is 5.95 Å². The van der Waals surface area contributed by atoms with Gasteiger partial charge in [0.15, 0.2) is 0 Å². The zero-order chi connectivity index (χ0) is 18.6. The highest BCUT2D eigenvalue weighted by Gasteiger charge is 2.04. The molecule has 0 unspecified atom stereocenters. The first-order chi connectivity index (χ1) is 13.2. The van der Waals surface area contributed by atoms with Crippen molar-refractivity contribution in [1.29, 1.82) is 0 Å². The average Bonchev–Trinajstić information content (AvgIpc) is 3.02. The predicted octanol–water partition coefficient (Wildman–Crippen LogP) is 4.39. The van der Waals surface area contributed by atoms with Gasteiger partial charge in [-0.3, -0.25) is 0 Å². The van der Waals surface area contributed by atoms with Crippen molar-refractivity contribution in [3.63, 3.8) is 0 Å². The number of anilines is 1. The van der Waals surface area contributed by atoms with Gasteiger partial charge in [0.05, 0.1) is 18.1 Å². The van der Waals surface area contributed by atoms with E-state index in [0.717, 1.165) is 22.6 Å². The number of aromatic nitrogens is 2. The molecule has 5 nitrogen and oxygen atoms in total. The number of imidazole rings is 1. The molecule has 4 rings (SSSR count). The molecule has 3 aromatic carbocycles. The van der Waals surface area contributed by atoms with Crippen LogP contribution in [0.15, 0.2) is 78.0 Å². The Morgan fingerprint density at radius 1 is 1.04 bits per heavy atom. The maximum Gasteiger partial charge on any atom is 0.221 e. The van der Waals surface area contributed by atoms with Crippen LogP contribution in [0.5, 0.6) is 5.75 Å². The molecule has 0 aliphatic heterocycles. The van der Waals surface area contributed by atoms with Crippen LogP contribution in [0, 0.1) is 6.92 Å². The maximum absolute atomic E-state index is 6.05. The molecule has 0 amide bonds. The highest BCUT2D eigenvalue weighted by atomic mass is 16.5. The van der Waals surface area contributed by atoms with Crippen molar-refractivity contribution >= 4 is 22.9 Å². The normalized spacial score (nSPS) is 11.3. The minimum absolute atomic E-state index is 0.360. The van der Waals surface area contributed by atoms with E-state index in [9.17, 15) is 0 Å². The largest absolute Gasteiger partial charge is 0.488 e. The highest BCUT2D eigenvalue weighted by molar-refractivity contribution is 5.84. The summed E-state index contributed by atoms with van der Waals surface area (Å²) in [4.78, 5) is 4.14. The number of hydrogen-bond donors (Lipinski definition) is 1. The van der Waals surface area contributed by atoms with Crippen LogP contribution in [0.3, 0.4) is 0 Å². The molecule has 134 valence electrons. The topological polar surface area (TPSA) is 65.4 Å². The quantitative estimate of drug-likeness (QED) is 0.539. The van der Waals surface area contributed by atoms with Crippen LogP contribution < -0.4 is 10.5 Å². The number of nitrogens with zero attached hydrogens (tertiary/aromatic N) is 3. The standard InChI is InChI=1S/C22H20N4O/c1-16-14-26(22(23)25-16)24-13-20-8-4-5-9-21(20)27-15-17-10-11-18-6-2-3-7-19(18)12-17/h2-14H,15H2,1H3,(H2,23,25). The molecule has 0 atom stereocenters. The number of aryl methyl sites for hydroxylation is 1. The smallest absolute Gasteiger partial charge is 0.221 e. The van der Waals surface area contributed by atoms with Gasteiger partial charge in [-0.25, -0.2) is 9.66 Å². The second kappa shape index (κ2) is 7.33. The molecule has 0 saturated carbocycles. The van der Waals surface area contributed by atoms with E-state index >= 15 is 0 Å². The minimum atomic E-state index is 0.360. The van der Waals surface area contributed by atoms with Crippen molar-refractivity contribution < 1.29 is 4.74 Å². The van der Waals surface area contributed by atoms with E-state index in [1.807, 2.05) is 43.3 Å². The van der Waals surface area contributed by atoms with Crippen LogP contribution in [-0.2, 0) is 6.61 Å². The number of benzene rings is 3. The molecule has 1 heterocycles. The fourth-order valence-corrected chi connectivity index (χ4v) is 2.93. The molecule has 4 aromatic rings. The van der Waals surface area contributed by atoms with Gasteiger partial charge in [0.1, 0.15) is 12.4 Å². The van der Waals surface area contributed by atoms with E-state index < -0.39 is 0 Å². The van der Waals surface area contributed by atoms with E-state index in [1.165, 1.54) is 10.8 Å². The lowest BCUT2D eigenvalue weighted by atomic mass is 10.1. The zero-order valence-corrected chi connectivity index (χ0v) is 15.0. The summed E-state index contributed by atoms with van der Waals surface area (Å²) < 4.78 is 7.60. The summed E-state index contributed by atoms with van der Waals surface area (Å²) in [5.41, 5.74) is 8.65. The number of para-hydroxylation sites is 1. The van der Waals surface area contributed by atoms with Gasteiger partial charge < -0.3 is 10.5 Å². The molecule has 0 aliphatic rings. The van der Waals surface area contributed by atoms with Gasteiger partial charge in [-0.1, -0.05) is 48.5 Å². The van der Waals surface area contributed by atoms with Gasteiger partial charge in [-0.2, -0.15) is 5.10 Å². The first-order valence-electron chi connectivity index (χ1n) is 8.74. The Bertz CT molecular complexity index is 1110. The number of hydrogen-bond acceptors (Lipinski definition) is 4. The van der Waals surface area contributed by atoms with Crippen molar-refractivity contribution in [1.82, 2.24) is 9.66 Å². The van der Waals surface area contributed by atoms with Crippen LogP contribution >= 0.6 is 0 Å². The van der Waals surface area contributed by atoms with Crippen LogP contribution in [0.2, 0.25) is 0 Å². The molecule has 5 heteroatoms. The van der Waals surface area contributed by atoms with Crippen molar-refractivity contribution in [2.24, 2.45) is 5.10 Å². The lowest BCUT2D eigenvalue weighted by Gasteiger charge is -2.10. The van der Waals surface area contributed by atoms with Gasteiger partial charge in [-0.05, 0) is 41.5 Å². The number of nitrogen functional groups attached to an aromatic ring is 1. The predicted molar refractivity (Wildman–Crippen MR) is 109 cm³/mol. The molecule has 0 aliphatic carbocycles. The molecule has 0 fully saturated rings. The molecule has 0 spiro atoms. The first kappa shape index (κ1) is 16.8. The summed E-state index contributed by atoms with van der Waals surface area (Å²) in [5.74, 6) is 1.13. The van der Waals surface area contributed by atoms with Crippen LogP contribution in [0.4, 0.5) is 5.95 Å². The van der Waals surface area contributed by atoms with Gasteiger partial charge in [0, 0.05) is 5.56 Å². The molecule has 0 saturated heterocycles. The monoisotopic (exact) mass is 356 g/mol. The number of ether oxygens (including phenoxy) is 1. The molecular weight excluding hydrogens is 336 g/mol. The second-order valence-corrected chi connectivity index (χ2v) is 6.34. The van der Waals surface area contributed by atoms with E-state index in [0.29, 0.717) is 12.6 Å². The third-order valence-electron chi connectivity index (χ3n) is 4.28.